The highest BCUT2D eigenvalue weighted by Gasteiger charge is 2.38. The smallest absolute Gasteiger partial charge is 0.475 e. The zero-order chi connectivity index (χ0) is 34.6. The van der Waals surface area contributed by atoms with E-state index < -0.39 is 22.2 Å². The van der Waals surface area contributed by atoms with Gasteiger partial charge in [-0.05, 0) is 55.3 Å². The lowest BCUT2D eigenvalue weighted by Gasteiger charge is -2.32. The van der Waals surface area contributed by atoms with Crippen molar-refractivity contribution in [1.82, 2.24) is 18.8 Å². The standard InChI is InChI=1S/C30H27ClN6O3S.C2HF3O2/c31-26-18-33-30(34-22-14-16-36(17-15-22)29(38)20-10-12-21(32)13-11-20)35-28(26)25-19-37(27-9-5-4-8-24(25)27)41(39,40)23-6-2-1-3-7-23;3-2(4,5)1(6)7/h1-13,18-19,22H,14-17,32H2,(H,33,34,35);(H,6,7). The van der Waals surface area contributed by atoms with Crippen LogP contribution in [0.2, 0.25) is 5.02 Å². The number of hydrogen-bond donors (Lipinski definition) is 3. The van der Waals surface area contributed by atoms with Gasteiger partial charge in [-0.2, -0.15) is 13.2 Å². The van der Waals surface area contributed by atoms with Crippen LogP contribution >= 0.6 is 11.6 Å². The number of para-hydroxylation sites is 1. The number of carbonyl (C=O) groups excluding carboxylic acids is 1. The summed E-state index contributed by atoms with van der Waals surface area (Å²) in [7, 11) is -3.86. The summed E-state index contributed by atoms with van der Waals surface area (Å²) < 4.78 is 60.1. The van der Waals surface area contributed by atoms with E-state index >= 15 is 0 Å². The van der Waals surface area contributed by atoms with E-state index in [1.807, 2.05) is 17.0 Å². The van der Waals surface area contributed by atoms with Crippen LogP contribution in [0.3, 0.4) is 0 Å². The molecule has 11 nitrogen and oxygen atoms in total. The van der Waals surface area contributed by atoms with Crippen molar-refractivity contribution in [3.8, 4) is 11.3 Å². The number of aromatic nitrogens is 3. The number of carboxylic acids is 1. The summed E-state index contributed by atoms with van der Waals surface area (Å²) >= 11 is 6.57. The summed E-state index contributed by atoms with van der Waals surface area (Å²) in [6.07, 6.45) is -0.566. The van der Waals surface area contributed by atoms with Gasteiger partial charge in [0.1, 0.15) is 0 Å². The van der Waals surface area contributed by atoms with Gasteiger partial charge in [0.05, 0.1) is 27.3 Å². The topological polar surface area (TPSA) is 161 Å². The first kappa shape index (κ1) is 34.2. The average molecular weight is 701 g/mol. The minimum absolute atomic E-state index is 0.0182. The number of halogens is 4. The second-order valence-corrected chi connectivity index (χ2v) is 12.9. The van der Waals surface area contributed by atoms with Gasteiger partial charge in [0.2, 0.25) is 5.95 Å². The first-order chi connectivity index (χ1) is 22.8. The molecule has 1 fully saturated rings. The molecule has 4 N–H and O–H groups in total. The summed E-state index contributed by atoms with van der Waals surface area (Å²) in [6, 6.07) is 22.5. The number of piperidine rings is 1. The average Bonchev–Trinajstić information content (AvgIpc) is 3.47. The first-order valence-corrected chi connectivity index (χ1v) is 16.2. The highest BCUT2D eigenvalue weighted by atomic mass is 35.5. The number of rotatable bonds is 6. The van der Waals surface area contributed by atoms with Crippen molar-refractivity contribution in [2.75, 3.05) is 24.1 Å². The largest absolute Gasteiger partial charge is 0.490 e. The second kappa shape index (κ2) is 13.9. The summed E-state index contributed by atoms with van der Waals surface area (Å²) in [5.41, 5.74) is 8.51. The Kier molecular flexibility index (Phi) is 9.91. The molecular weight excluding hydrogens is 673 g/mol. The van der Waals surface area contributed by atoms with Gasteiger partial charge in [-0.3, -0.25) is 4.79 Å². The lowest BCUT2D eigenvalue weighted by atomic mass is 10.0. The number of aliphatic carboxylic acids is 1. The lowest BCUT2D eigenvalue weighted by Crippen LogP contribution is -2.42. The van der Waals surface area contributed by atoms with Gasteiger partial charge in [0.25, 0.3) is 15.9 Å². The Morgan fingerprint density at radius 2 is 1.56 bits per heavy atom. The number of benzene rings is 3. The number of nitrogens with one attached hydrogen (secondary N) is 1. The van der Waals surface area contributed by atoms with Gasteiger partial charge in [-0.15, -0.1) is 0 Å². The van der Waals surface area contributed by atoms with E-state index in [2.05, 4.69) is 10.3 Å². The second-order valence-electron chi connectivity index (χ2n) is 10.7. The molecule has 0 spiro atoms. The number of hydrogen-bond acceptors (Lipinski definition) is 8. The van der Waals surface area contributed by atoms with Crippen molar-refractivity contribution in [3.63, 3.8) is 0 Å². The predicted molar refractivity (Wildman–Crippen MR) is 174 cm³/mol. The number of carbonyl (C=O) groups is 2. The van der Waals surface area contributed by atoms with Crippen LogP contribution in [0.15, 0.2) is 96.2 Å². The van der Waals surface area contributed by atoms with E-state index in [0.29, 0.717) is 57.5 Å². The Morgan fingerprint density at radius 3 is 2.19 bits per heavy atom. The Bertz CT molecular complexity index is 2050. The third-order valence-electron chi connectivity index (χ3n) is 7.49. The van der Waals surface area contributed by atoms with Crippen LogP contribution in [0, 0.1) is 0 Å². The molecule has 1 aliphatic rings. The fourth-order valence-electron chi connectivity index (χ4n) is 5.09. The van der Waals surface area contributed by atoms with Crippen molar-refractivity contribution in [2.45, 2.75) is 30.0 Å². The maximum absolute atomic E-state index is 13.5. The van der Waals surface area contributed by atoms with Crippen molar-refractivity contribution in [3.05, 3.63) is 102 Å². The molecule has 1 aliphatic heterocycles. The Labute approximate surface area is 277 Å². The fraction of sp³-hybridized carbons (Fsp3) is 0.188. The molecule has 250 valence electrons. The van der Waals surface area contributed by atoms with Crippen LogP contribution in [0.1, 0.15) is 23.2 Å². The third kappa shape index (κ3) is 7.52. The number of amides is 1. The number of likely N-dealkylation sites (tertiary alicyclic amines) is 1. The molecule has 0 aliphatic carbocycles. The quantitative estimate of drug-likeness (QED) is 0.183. The zero-order valence-corrected chi connectivity index (χ0v) is 26.5. The summed E-state index contributed by atoms with van der Waals surface area (Å²) in [4.78, 5) is 32.9. The van der Waals surface area contributed by atoms with Gasteiger partial charge in [0.15, 0.2) is 0 Å². The number of carboxylic acid groups (broad SMARTS) is 1. The summed E-state index contributed by atoms with van der Waals surface area (Å²) in [6.45, 7) is 1.18. The molecule has 0 bridgehead atoms. The number of nitrogens with zero attached hydrogens (tertiary/aromatic N) is 4. The van der Waals surface area contributed by atoms with E-state index in [0.717, 1.165) is 12.8 Å². The van der Waals surface area contributed by atoms with Crippen LogP contribution in [-0.2, 0) is 14.8 Å². The van der Waals surface area contributed by atoms with Crippen LogP contribution in [-0.4, -0.2) is 69.5 Å². The molecule has 0 atom stereocenters. The molecule has 2 aromatic heterocycles. The normalized spacial score (nSPS) is 13.9. The van der Waals surface area contributed by atoms with Crippen LogP contribution in [0.25, 0.3) is 22.2 Å². The van der Waals surface area contributed by atoms with E-state index in [9.17, 15) is 26.4 Å². The van der Waals surface area contributed by atoms with Crippen molar-refractivity contribution in [1.29, 1.82) is 0 Å². The van der Waals surface area contributed by atoms with Crippen molar-refractivity contribution < 1.29 is 36.3 Å². The molecule has 16 heteroatoms. The van der Waals surface area contributed by atoms with E-state index in [1.165, 1.54) is 10.2 Å². The molecular formula is C32H28ClF3N6O5S. The van der Waals surface area contributed by atoms with E-state index in [4.69, 9.17) is 32.2 Å². The van der Waals surface area contributed by atoms with Gasteiger partial charge in [0, 0.05) is 47.5 Å². The predicted octanol–water partition coefficient (Wildman–Crippen LogP) is 5.92. The van der Waals surface area contributed by atoms with Gasteiger partial charge in [-0.1, -0.05) is 48.0 Å². The maximum atomic E-state index is 13.5. The molecule has 1 amide bonds. The molecule has 5 aromatic rings. The molecule has 0 saturated carbocycles. The number of fused-ring (bicyclic) bond motifs is 1. The monoisotopic (exact) mass is 700 g/mol. The van der Waals surface area contributed by atoms with Gasteiger partial charge >= 0.3 is 12.1 Å². The Hall–Kier alpha value is -5.15. The number of nitrogen functional groups attached to an aromatic ring is 1. The van der Waals surface area contributed by atoms with E-state index in [1.54, 1.807) is 72.9 Å². The third-order valence-corrected chi connectivity index (χ3v) is 9.46. The van der Waals surface area contributed by atoms with Crippen LogP contribution in [0.5, 0.6) is 0 Å². The Balaban J connectivity index is 0.000000582. The van der Waals surface area contributed by atoms with Gasteiger partial charge < -0.3 is 21.1 Å². The number of anilines is 2. The number of nitrogens with two attached hydrogens (primary N) is 1. The number of alkyl halides is 3. The molecule has 3 aromatic carbocycles. The SMILES string of the molecule is Nc1ccc(C(=O)N2CCC(Nc3ncc(Cl)c(-c4cn(S(=O)(=O)c5ccccc5)c5ccccc45)n3)CC2)cc1.O=C(O)C(F)(F)F. The molecule has 0 radical (unpaired) electrons. The zero-order valence-electron chi connectivity index (χ0n) is 24.9. The van der Waals surface area contributed by atoms with Gasteiger partial charge in [-0.25, -0.2) is 27.2 Å². The maximum Gasteiger partial charge on any atom is 0.490 e. The molecule has 48 heavy (non-hydrogen) atoms. The first-order valence-electron chi connectivity index (χ1n) is 14.4. The van der Waals surface area contributed by atoms with E-state index in [-0.39, 0.29) is 16.8 Å². The summed E-state index contributed by atoms with van der Waals surface area (Å²) in [5.74, 6) is -2.39. The Morgan fingerprint density at radius 1 is 0.958 bits per heavy atom. The molecule has 6 rings (SSSR count). The highest BCUT2D eigenvalue weighted by molar-refractivity contribution is 7.90. The lowest BCUT2D eigenvalue weighted by molar-refractivity contribution is -0.192. The van der Waals surface area contributed by atoms with Crippen LogP contribution < -0.4 is 11.1 Å². The summed E-state index contributed by atoms with van der Waals surface area (Å²) in [5, 5.41) is 11.5. The highest BCUT2D eigenvalue weighted by Crippen LogP contribution is 2.36. The van der Waals surface area contributed by atoms with Crippen molar-refractivity contribution in [2.24, 2.45) is 0 Å². The minimum atomic E-state index is -5.08. The van der Waals surface area contributed by atoms with Crippen molar-refractivity contribution >= 4 is 56.0 Å². The molecule has 1 saturated heterocycles. The molecule has 0 unspecified atom stereocenters. The van der Waals surface area contributed by atoms with Crippen LogP contribution in [0.4, 0.5) is 24.8 Å². The minimum Gasteiger partial charge on any atom is -0.475 e. The fourth-order valence-corrected chi connectivity index (χ4v) is 6.67. The molecule has 3 heterocycles.